The molecule has 7 nitrogen and oxygen atoms in total. The van der Waals surface area contributed by atoms with Crippen molar-refractivity contribution in [3.8, 4) is 28.4 Å². The Morgan fingerprint density at radius 1 is 1.06 bits per heavy atom. The van der Waals surface area contributed by atoms with Crippen molar-refractivity contribution in [3.05, 3.63) is 40.1 Å². The molecule has 0 radical (unpaired) electrons. The number of thiophene rings is 1. The number of esters is 1. The van der Waals surface area contributed by atoms with Crippen LogP contribution in [0, 0.1) is 0 Å². The summed E-state index contributed by atoms with van der Waals surface area (Å²) in [6, 6.07) is 5.43. The minimum absolute atomic E-state index is 0.00623. The van der Waals surface area contributed by atoms with Crippen LogP contribution >= 0.6 is 11.3 Å². The monoisotopic (exact) mass is 442 g/mol. The van der Waals surface area contributed by atoms with Gasteiger partial charge >= 0.3 is 12.1 Å². The summed E-state index contributed by atoms with van der Waals surface area (Å²) >= 11 is 1.52. The van der Waals surface area contributed by atoms with Crippen LogP contribution in [0.3, 0.4) is 0 Å². The Morgan fingerprint density at radius 3 is 2.32 bits per heavy atom. The Labute approximate surface area is 183 Å². The van der Waals surface area contributed by atoms with E-state index in [-0.39, 0.29) is 12.4 Å². The van der Waals surface area contributed by atoms with E-state index in [1.54, 1.807) is 32.9 Å². The number of carbonyl (C=O) groups is 2. The van der Waals surface area contributed by atoms with Crippen molar-refractivity contribution in [2.24, 2.45) is 0 Å². The highest BCUT2D eigenvalue weighted by atomic mass is 32.1. The first-order chi connectivity index (χ1) is 14.7. The van der Waals surface area contributed by atoms with Crippen LogP contribution in [-0.4, -0.2) is 31.9 Å². The van der Waals surface area contributed by atoms with Crippen LogP contribution in [-0.2, 0) is 16.1 Å². The van der Waals surface area contributed by atoms with Crippen LogP contribution in [0.2, 0.25) is 0 Å². The zero-order valence-electron chi connectivity index (χ0n) is 17.9. The number of hydrogen-bond acceptors (Lipinski definition) is 8. The number of cyclic esters (lactones) is 1. The summed E-state index contributed by atoms with van der Waals surface area (Å²) in [5.41, 5.74) is 1.70. The maximum atomic E-state index is 12.7. The number of hydrogen-bond donors (Lipinski definition) is 0. The topological polar surface area (TPSA) is 80.3 Å². The first kappa shape index (κ1) is 21.0. The number of fused-ring (bicyclic) bond motifs is 2. The van der Waals surface area contributed by atoms with Crippen LogP contribution in [0.15, 0.2) is 29.0 Å². The molecule has 2 aromatic carbocycles. The second-order valence-electron chi connectivity index (χ2n) is 7.97. The molecule has 1 aromatic heterocycles. The molecule has 8 heteroatoms. The normalized spacial score (nSPS) is 13.0. The summed E-state index contributed by atoms with van der Waals surface area (Å²) in [7, 11) is 3.06. The fraction of sp³-hybridized carbons (Fsp3) is 0.304. The van der Waals surface area contributed by atoms with Gasteiger partial charge in [0.15, 0.2) is 11.5 Å². The number of carbonyl (C=O) groups excluding carboxylic acids is 2. The van der Waals surface area contributed by atoms with Gasteiger partial charge in [0.05, 0.1) is 19.8 Å². The molecule has 0 aliphatic carbocycles. The van der Waals surface area contributed by atoms with E-state index in [0.717, 1.165) is 5.56 Å². The third kappa shape index (κ3) is 3.79. The molecular formula is C23H22O7S. The molecule has 0 unspecified atom stereocenters. The van der Waals surface area contributed by atoms with E-state index in [9.17, 15) is 9.59 Å². The third-order valence-corrected chi connectivity index (χ3v) is 5.48. The van der Waals surface area contributed by atoms with Gasteiger partial charge in [0.2, 0.25) is 0 Å². The fourth-order valence-corrected chi connectivity index (χ4v) is 4.23. The van der Waals surface area contributed by atoms with E-state index < -0.39 is 17.7 Å². The second-order valence-corrected chi connectivity index (χ2v) is 8.75. The zero-order chi connectivity index (χ0) is 22.3. The molecular weight excluding hydrogens is 420 g/mol. The molecule has 0 N–H and O–H groups in total. The van der Waals surface area contributed by atoms with Crippen molar-refractivity contribution in [1.29, 1.82) is 0 Å². The number of methoxy groups -OCH3 is 2. The molecule has 1 aliphatic heterocycles. The largest absolute Gasteiger partial charge is 0.514 e. The summed E-state index contributed by atoms with van der Waals surface area (Å²) in [4.78, 5) is 25.2. The van der Waals surface area contributed by atoms with Crippen LogP contribution in [0.1, 0.15) is 36.7 Å². The van der Waals surface area contributed by atoms with Gasteiger partial charge in [0.25, 0.3) is 0 Å². The third-order valence-electron chi connectivity index (χ3n) is 4.80. The molecule has 0 fully saturated rings. The lowest BCUT2D eigenvalue weighted by atomic mass is 9.90. The van der Waals surface area contributed by atoms with E-state index in [1.807, 2.05) is 16.8 Å². The van der Waals surface area contributed by atoms with Gasteiger partial charge in [-0.25, -0.2) is 9.59 Å². The highest BCUT2D eigenvalue weighted by Crippen LogP contribution is 2.48. The Morgan fingerprint density at radius 2 is 1.74 bits per heavy atom. The van der Waals surface area contributed by atoms with Gasteiger partial charge < -0.3 is 23.7 Å². The number of benzene rings is 2. The van der Waals surface area contributed by atoms with Crippen molar-refractivity contribution in [2.75, 3.05) is 14.2 Å². The number of ether oxygens (including phenoxy) is 5. The molecule has 0 spiro atoms. The minimum Gasteiger partial charge on any atom is -0.493 e. The molecule has 0 amide bonds. The van der Waals surface area contributed by atoms with Gasteiger partial charge in [-0.2, -0.15) is 11.3 Å². The Kier molecular flexibility index (Phi) is 5.26. The maximum Gasteiger partial charge on any atom is 0.514 e. The van der Waals surface area contributed by atoms with E-state index in [2.05, 4.69) is 0 Å². The Balaban J connectivity index is 2.04. The maximum absolute atomic E-state index is 12.7. The highest BCUT2D eigenvalue weighted by Gasteiger charge is 2.34. The van der Waals surface area contributed by atoms with Crippen LogP contribution in [0.4, 0.5) is 4.79 Å². The summed E-state index contributed by atoms with van der Waals surface area (Å²) in [6.07, 6.45) is -0.867. The van der Waals surface area contributed by atoms with E-state index in [0.29, 0.717) is 39.0 Å². The van der Waals surface area contributed by atoms with Gasteiger partial charge in [-0.05, 0) is 60.7 Å². The van der Waals surface area contributed by atoms with Crippen molar-refractivity contribution in [1.82, 2.24) is 0 Å². The molecule has 0 saturated carbocycles. The standard InChI is InChI=1S/C23H22O7S/c1-23(2,3)30-22(25)29-20-14-9-17(27-5)16(26-4)8-13(14)18(12-6-7-31-11-12)19-15(20)10-28-21(19)24/h6-9,11H,10H2,1-5H3. The quantitative estimate of drug-likeness (QED) is 0.386. The predicted octanol–water partition coefficient (Wildman–Crippen LogP) is 5.57. The van der Waals surface area contributed by atoms with E-state index in [1.165, 1.54) is 25.6 Å². The van der Waals surface area contributed by atoms with Gasteiger partial charge in [-0.3, -0.25) is 0 Å². The van der Waals surface area contributed by atoms with Gasteiger partial charge in [-0.1, -0.05) is 0 Å². The van der Waals surface area contributed by atoms with Gasteiger partial charge in [0.1, 0.15) is 18.0 Å². The smallest absolute Gasteiger partial charge is 0.493 e. The predicted molar refractivity (Wildman–Crippen MR) is 116 cm³/mol. The lowest BCUT2D eigenvalue weighted by Gasteiger charge is -2.21. The lowest BCUT2D eigenvalue weighted by Crippen LogP contribution is -2.26. The molecule has 3 aromatic rings. The van der Waals surface area contributed by atoms with Crippen molar-refractivity contribution < 1.29 is 33.3 Å². The first-order valence-electron chi connectivity index (χ1n) is 9.58. The summed E-state index contributed by atoms with van der Waals surface area (Å²) < 4.78 is 27.3. The van der Waals surface area contributed by atoms with Crippen molar-refractivity contribution in [2.45, 2.75) is 33.0 Å². The average molecular weight is 442 g/mol. The SMILES string of the molecule is COc1cc2c(OC(=O)OC(C)(C)C)c3c(c(-c4ccsc4)c2cc1OC)C(=O)OC3. The second kappa shape index (κ2) is 7.77. The summed E-state index contributed by atoms with van der Waals surface area (Å²) in [5, 5.41) is 5.14. The van der Waals surface area contributed by atoms with Gasteiger partial charge in [-0.15, -0.1) is 0 Å². The molecule has 1 aliphatic rings. The minimum atomic E-state index is -0.867. The van der Waals surface area contributed by atoms with Crippen LogP contribution in [0.5, 0.6) is 17.2 Å². The number of rotatable bonds is 4. The van der Waals surface area contributed by atoms with Crippen LogP contribution in [0.25, 0.3) is 21.9 Å². The van der Waals surface area contributed by atoms with Crippen molar-refractivity contribution in [3.63, 3.8) is 0 Å². The average Bonchev–Trinajstić information content (AvgIpc) is 3.36. The fourth-order valence-electron chi connectivity index (χ4n) is 3.59. The first-order valence-corrected chi connectivity index (χ1v) is 10.5. The Bertz CT molecular complexity index is 1170. The van der Waals surface area contributed by atoms with Crippen LogP contribution < -0.4 is 14.2 Å². The lowest BCUT2D eigenvalue weighted by molar-refractivity contribution is 0.0206. The molecule has 31 heavy (non-hydrogen) atoms. The zero-order valence-corrected chi connectivity index (χ0v) is 18.7. The molecule has 4 rings (SSSR count). The summed E-state index contributed by atoms with van der Waals surface area (Å²) in [6.45, 7) is 5.23. The molecule has 0 bridgehead atoms. The summed E-state index contributed by atoms with van der Waals surface area (Å²) in [5.74, 6) is 0.693. The molecule has 2 heterocycles. The molecule has 162 valence electrons. The van der Waals surface area contributed by atoms with E-state index >= 15 is 0 Å². The molecule has 0 atom stereocenters. The Hall–Kier alpha value is -3.26. The van der Waals surface area contributed by atoms with E-state index in [4.69, 9.17) is 23.7 Å². The molecule has 0 saturated heterocycles. The van der Waals surface area contributed by atoms with Crippen molar-refractivity contribution >= 4 is 34.2 Å². The van der Waals surface area contributed by atoms with Gasteiger partial charge in [0, 0.05) is 16.5 Å². The highest BCUT2D eigenvalue weighted by molar-refractivity contribution is 7.08.